The lowest BCUT2D eigenvalue weighted by molar-refractivity contribution is 0.0893. The van der Waals surface area contributed by atoms with Gasteiger partial charge in [-0.05, 0) is 48.5 Å². The third kappa shape index (κ3) is 3.15. The number of rotatable bonds is 5. The van der Waals surface area contributed by atoms with Crippen LogP contribution in [-0.4, -0.2) is 38.5 Å². The van der Waals surface area contributed by atoms with Crippen LogP contribution in [0, 0.1) is 0 Å². The number of aromatic nitrogens is 3. The lowest BCUT2D eigenvalue weighted by Crippen LogP contribution is -2.40. The Hall–Kier alpha value is -4.98. The van der Waals surface area contributed by atoms with E-state index < -0.39 is 11.8 Å². The van der Waals surface area contributed by atoms with E-state index in [2.05, 4.69) is 22.1 Å². The molecular weight excluding hydrogens is 442 g/mol. The monoisotopic (exact) mass is 461 g/mol. The maximum Gasteiger partial charge on any atom is 0.265 e. The molecule has 8 nitrogen and oxygen atoms in total. The predicted molar refractivity (Wildman–Crippen MR) is 134 cm³/mol. The largest absolute Gasteiger partial charge is 0.506 e. The maximum atomic E-state index is 13.5. The number of anilines is 2. The molecule has 0 fully saturated rings. The summed E-state index contributed by atoms with van der Waals surface area (Å²) in [7, 11) is 0. The molecule has 0 saturated heterocycles. The van der Waals surface area contributed by atoms with E-state index >= 15 is 0 Å². The van der Waals surface area contributed by atoms with Crippen LogP contribution in [0.1, 0.15) is 20.7 Å². The zero-order valence-corrected chi connectivity index (χ0v) is 18.5. The first kappa shape index (κ1) is 20.6. The van der Waals surface area contributed by atoms with E-state index in [0.29, 0.717) is 45.5 Å². The van der Waals surface area contributed by atoms with E-state index in [4.69, 9.17) is 0 Å². The normalized spacial score (nSPS) is 13.0. The summed E-state index contributed by atoms with van der Waals surface area (Å²) in [4.78, 5) is 29.6. The van der Waals surface area contributed by atoms with Gasteiger partial charge in [0.15, 0.2) is 0 Å². The minimum absolute atomic E-state index is 0.0427. The molecule has 0 saturated carbocycles. The number of imide groups is 1. The van der Waals surface area contributed by atoms with Gasteiger partial charge in [-0.15, -0.1) is 21.6 Å². The molecule has 0 radical (unpaired) electrons. The summed E-state index contributed by atoms with van der Waals surface area (Å²) < 4.78 is 0. The standard InChI is InChI=1S/C27H19N5O3/c1-2-14-28-20-13-11-19-25-17(20)6-5-7-18(25)26(34)31(27(19)35)16-10-12-21-22(15-16)30-32(29-21)23-8-3-4-9-24(23)33/h2-13,15,28,33H,1,14H2. The zero-order valence-electron chi connectivity index (χ0n) is 18.5. The average molecular weight is 461 g/mol. The molecule has 4 aromatic carbocycles. The Morgan fingerprint density at radius 1 is 0.886 bits per heavy atom. The van der Waals surface area contributed by atoms with Gasteiger partial charge in [0.2, 0.25) is 0 Å². The summed E-state index contributed by atoms with van der Waals surface area (Å²) in [6, 6.07) is 20.8. The molecule has 0 unspecified atom stereocenters. The number of carbonyl (C=O) groups is 2. The van der Waals surface area contributed by atoms with Gasteiger partial charge in [0.1, 0.15) is 22.5 Å². The third-order valence-electron chi connectivity index (χ3n) is 6.06. The van der Waals surface area contributed by atoms with Crippen LogP contribution in [0.4, 0.5) is 11.4 Å². The van der Waals surface area contributed by atoms with Crippen molar-refractivity contribution in [1.29, 1.82) is 0 Å². The Morgan fingerprint density at radius 2 is 1.66 bits per heavy atom. The first-order chi connectivity index (χ1) is 17.1. The van der Waals surface area contributed by atoms with Gasteiger partial charge in [0.05, 0.1) is 5.69 Å². The number of hydrogen-bond donors (Lipinski definition) is 2. The van der Waals surface area contributed by atoms with E-state index in [-0.39, 0.29) is 5.75 Å². The smallest absolute Gasteiger partial charge is 0.265 e. The summed E-state index contributed by atoms with van der Waals surface area (Å²) in [5, 5.41) is 23.7. The fourth-order valence-corrected chi connectivity index (χ4v) is 4.45. The van der Waals surface area contributed by atoms with Crippen LogP contribution in [0.25, 0.3) is 27.5 Å². The minimum Gasteiger partial charge on any atom is -0.506 e. The van der Waals surface area contributed by atoms with Crippen molar-refractivity contribution >= 4 is 45.0 Å². The fraction of sp³-hybridized carbons (Fsp3) is 0.0370. The number of fused-ring (bicyclic) bond motifs is 1. The van der Waals surface area contributed by atoms with Crippen molar-refractivity contribution in [2.24, 2.45) is 0 Å². The summed E-state index contributed by atoms with van der Waals surface area (Å²) in [5.74, 6) is -0.760. The van der Waals surface area contributed by atoms with E-state index in [9.17, 15) is 14.7 Å². The van der Waals surface area contributed by atoms with E-state index in [1.54, 1.807) is 60.7 Å². The number of nitrogens with zero attached hydrogens (tertiary/aromatic N) is 4. The number of carbonyl (C=O) groups excluding carboxylic acids is 2. The number of hydrogen-bond acceptors (Lipinski definition) is 6. The number of phenolic OH excluding ortho intramolecular Hbond substituents is 1. The van der Waals surface area contributed by atoms with Crippen molar-refractivity contribution in [1.82, 2.24) is 15.0 Å². The highest BCUT2D eigenvalue weighted by atomic mass is 16.3. The third-order valence-corrected chi connectivity index (χ3v) is 6.06. The summed E-state index contributed by atoms with van der Waals surface area (Å²) in [6.07, 6.45) is 1.75. The summed E-state index contributed by atoms with van der Waals surface area (Å²) in [6.45, 7) is 4.29. The van der Waals surface area contributed by atoms with Gasteiger partial charge in [-0.3, -0.25) is 9.59 Å². The highest BCUT2D eigenvalue weighted by molar-refractivity contribution is 6.36. The number of benzene rings is 4. The Bertz CT molecular complexity index is 1670. The lowest BCUT2D eigenvalue weighted by atomic mass is 9.92. The molecule has 2 N–H and O–H groups in total. The van der Waals surface area contributed by atoms with Gasteiger partial charge in [-0.2, -0.15) is 0 Å². The second kappa shape index (κ2) is 7.81. The second-order valence-electron chi connectivity index (χ2n) is 8.16. The molecule has 35 heavy (non-hydrogen) atoms. The van der Waals surface area contributed by atoms with Crippen molar-refractivity contribution in [3.63, 3.8) is 0 Å². The molecule has 0 aliphatic carbocycles. The first-order valence-corrected chi connectivity index (χ1v) is 11.0. The van der Waals surface area contributed by atoms with Crippen LogP contribution in [0.5, 0.6) is 5.75 Å². The van der Waals surface area contributed by atoms with Crippen molar-refractivity contribution < 1.29 is 14.7 Å². The van der Waals surface area contributed by atoms with Crippen LogP contribution in [-0.2, 0) is 0 Å². The molecule has 0 spiro atoms. The van der Waals surface area contributed by atoms with Gasteiger partial charge >= 0.3 is 0 Å². The Morgan fingerprint density at radius 3 is 2.46 bits per heavy atom. The van der Waals surface area contributed by atoms with Gasteiger partial charge in [0.25, 0.3) is 11.8 Å². The molecule has 0 atom stereocenters. The molecule has 1 aliphatic heterocycles. The molecule has 5 aromatic rings. The number of aromatic hydroxyl groups is 1. The zero-order chi connectivity index (χ0) is 24.1. The highest BCUT2D eigenvalue weighted by Crippen LogP contribution is 2.36. The number of phenols is 1. The van der Waals surface area contributed by atoms with Gasteiger partial charge in [-0.1, -0.05) is 30.3 Å². The SMILES string of the molecule is C=CCNc1ccc2c3c(cccc13)C(=O)N(c1ccc3nn(-c4ccccc4O)nc3c1)C2=O. The Balaban J connectivity index is 1.45. The molecule has 0 bridgehead atoms. The quantitative estimate of drug-likeness (QED) is 0.291. The second-order valence-corrected chi connectivity index (χ2v) is 8.16. The van der Waals surface area contributed by atoms with E-state index in [1.807, 2.05) is 18.2 Å². The van der Waals surface area contributed by atoms with Gasteiger partial charge < -0.3 is 10.4 Å². The fourth-order valence-electron chi connectivity index (χ4n) is 4.45. The average Bonchev–Trinajstić information content (AvgIpc) is 3.30. The molecule has 2 amide bonds. The number of nitrogens with one attached hydrogen (secondary N) is 1. The number of amides is 2. The summed E-state index contributed by atoms with van der Waals surface area (Å²) >= 11 is 0. The predicted octanol–water partition coefficient (Wildman–Crippen LogP) is 4.68. The molecule has 2 heterocycles. The van der Waals surface area contributed by atoms with Gasteiger partial charge in [-0.25, -0.2) is 4.90 Å². The first-order valence-electron chi connectivity index (χ1n) is 11.0. The van der Waals surface area contributed by atoms with Crippen LogP contribution in [0.15, 0.2) is 85.5 Å². The Kier molecular flexibility index (Phi) is 4.60. The Labute approximate surface area is 199 Å². The van der Waals surface area contributed by atoms with Crippen LogP contribution in [0.2, 0.25) is 0 Å². The topological polar surface area (TPSA) is 100 Å². The molecule has 6 rings (SSSR count). The highest BCUT2D eigenvalue weighted by Gasteiger charge is 2.34. The maximum absolute atomic E-state index is 13.5. The molecule has 1 aromatic heterocycles. The molecule has 8 heteroatoms. The number of para-hydroxylation sites is 2. The lowest BCUT2D eigenvalue weighted by Gasteiger charge is -2.27. The van der Waals surface area contributed by atoms with Crippen molar-refractivity contribution in [3.05, 3.63) is 96.6 Å². The van der Waals surface area contributed by atoms with E-state index in [1.165, 1.54) is 9.70 Å². The van der Waals surface area contributed by atoms with E-state index in [0.717, 1.165) is 11.1 Å². The summed E-state index contributed by atoms with van der Waals surface area (Å²) in [5.41, 5.74) is 3.62. The minimum atomic E-state index is -0.401. The van der Waals surface area contributed by atoms with Crippen molar-refractivity contribution in [2.45, 2.75) is 0 Å². The van der Waals surface area contributed by atoms with Crippen molar-refractivity contribution in [3.8, 4) is 11.4 Å². The van der Waals surface area contributed by atoms with Crippen molar-refractivity contribution in [2.75, 3.05) is 16.8 Å². The molecular formula is C27H19N5O3. The molecule has 1 aliphatic rings. The van der Waals surface area contributed by atoms with Crippen LogP contribution in [0.3, 0.4) is 0 Å². The van der Waals surface area contributed by atoms with Gasteiger partial charge in [0, 0.05) is 34.1 Å². The van der Waals surface area contributed by atoms with Crippen LogP contribution < -0.4 is 10.2 Å². The molecule has 170 valence electrons. The van der Waals surface area contributed by atoms with Crippen LogP contribution >= 0.6 is 0 Å².